The highest BCUT2D eigenvalue weighted by Gasteiger charge is 2.49. The fraction of sp³-hybridized carbons (Fsp3) is 0.692. The molecule has 1 aliphatic heterocycles. The Morgan fingerprint density at radius 1 is 1.47 bits per heavy atom. The van der Waals surface area contributed by atoms with Crippen molar-refractivity contribution in [3.05, 3.63) is 11.8 Å². The molecule has 0 radical (unpaired) electrons. The van der Waals surface area contributed by atoms with Gasteiger partial charge in [0.05, 0.1) is 23.4 Å². The molecule has 0 spiro atoms. The maximum atomic E-state index is 10.9. The summed E-state index contributed by atoms with van der Waals surface area (Å²) in [6.45, 7) is 6.02. The molecule has 2 aliphatic rings. The van der Waals surface area contributed by atoms with Crippen molar-refractivity contribution in [2.24, 2.45) is 0 Å². The number of carboxylic acid groups (broad SMARTS) is 1. The second-order valence-corrected chi connectivity index (χ2v) is 6.35. The smallest absolute Gasteiger partial charge is 0.410 e. The predicted molar refractivity (Wildman–Crippen MR) is 69.5 cm³/mol. The Morgan fingerprint density at radius 3 is 2.63 bits per heavy atom. The van der Waals surface area contributed by atoms with Gasteiger partial charge in [-0.25, -0.2) is 9.48 Å². The van der Waals surface area contributed by atoms with Crippen LogP contribution >= 0.6 is 0 Å². The number of carbonyl (C=O) groups is 1. The third-order valence-electron chi connectivity index (χ3n) is 3.74. The van der Waals surface area contributed by atoms with E-state index in [-0.39, 0.29) is 5.54 Å². The van der Waals surface area contributed by atoms with Gasteiger partial charge in [-0.2, -0.15) is 5.10 Å². The van der Waals surface area contributed by atoms with E-state index in [1.165, 1.54) is 0 Å². The van der Waals surface area contributed by atoms with Crippen LogP contribution in [0.15, 0.2) is 6.07 Å². The molecule has 19 heavy (non-hydrogen) atoms. The molecule has 1 amide bonds. The summed E-state index contributed by atoms with van der Waals surface area (Å²) in [4.78, 5) is 10.9. The number of nitrogens with one attached hydrogen (secondary N) is 1. The molecule has 6 heteroatoms. The number of epoxide rings is 1. The van der Waals surface area contributed by atoms with Gasteiger partial charge >= 0.3 is 6.09 Å². The van der Waals surface area contributed by atoms with Crippen LogP contribution < -0.4 is 5.32 Å². The SMILES string of the molecule is CC(C)(C)n1nc(C2C[C@@H]3O[C@@H]3C2)cc1NC(=O)O. The van der Waals surface area contributed by atoms with Crippen LogP contribution in [0.1, 0.15) is 45.2 Å². The first-order valence-electron chi connectivity index (χ1n) is 6.60. The molecule has 1 unspecified atom stereocenters. The maximum Gasteiger partial charge on any atom is 0.410 e. The minimum atomic E-state index is -1.06. The quantitative estimate of drug-likeness (QED) is 0.804. The number of fused-ring (bicyclic) bond motifs is 1. The highest BCUT2D eigenvalue weighted by atomic mass is 16.6. The molecule has 1 saturated carbocycles. The van der Waals surface area contributed by atoms with E-state index in [1.807, 2.05) is 26.8 Å². The summed E-state index contributed by atoms with van der Waals surface area (Å²) in [7, 11) is 0. The minimum Gasteiger partial charge on any atom is -0.465 e. The fourth-order valence-electron chi connectivity index (χ4n) is 2.80. The van der Waals surface area contributed by atoms with Gasteiger partial charge < -0.3 is 9.84 Å². The summed E-state index contributed by atoms with van der Waals surface area (Å²) in [6, 6.07) is 1.86. The molecule has 1 aromatic rings. The van der Waals surface area contributed by atoms with Gasteiger partial charge in [0.1, 0.15) is 5.82 Å². The van der Waals surface area contributed by atoms with Gasteiger partial charge in [-0.3, -0.25) is 5.32 Å². The fourth-order valence-corrected chi connectivity index (χ4v) is 2.80. The molecular weight excluding hydrogens is 246 g/mol. The Labute approximate surface area is 111 Å². The number of ether oxygens (including phenoxy) is 1. The van der Waals surface area contributed by atoms with Gasteiger partial charge in [0.2, 0.25) is 0 Å². The van der Waals surface area contributed by atoms with Crippen molar-refractivity contribution >= 4 is 11.9 Å². The molecule has 1 aromatic heterocycles. The maximum absolute atomic E-state index is 10.9. The van der Waals surface area contributed by atoms with E-state index in [0.29, 0.717) is 23.9 Å². The number of hydrogen-bond donors (Lipinski definition) is 2. The Kier molecular flexibility index (Phi) is 2.60. The molecule has 104 valence electrons. The van der Waals surface area contributed by atoms with E-state index in [4.69, 9.17) is 9.84 Å². The molecule has 2 N–H and O–H groups in total. The monoisotopic (exact) mass is 265 g/mol. The number of rotatable bonds is 2. The molecule has 0 aromatic carbocycles. The topological polar surface area (TPSA) is 79.7 Å². The summed E-state index contributed by atoms with van der Waals surface area (Å²) in [6.07, 6.45) is 1.74. The Hall–Kier alpha value is -1.56. The highest BCUT2D eigenvalue weighted by molar-refractivity contribution is 5.81. The summed E-state index contributed by atoms with van der Waals surface area (Å²) >= 11 is 0. The van der Waals surface area contributed by atoms with Crippen LogP contribution in [-0.2, 0) is 10.3 Å². The molecule has 3 rings (SSSR count). The Morgan fingerprint density at radius 2 is 2.11 bits per heavy atom. The van der Waals surface area contributed by atoms with Crippen LogP contribution in [-0.4, -0.2) is 33.2 Å². The molecule has 2 heterocycles. The van der Waals surface area contributed by atoms with Crippen LogP contribution in [0.4, 0.5) is 10.6 Å². The van der Waals surface area contributed by atoms with Crippen LogP contribution in [0, 0.1) is 0 Å². The minimum absolute atomic E-state index is 0.256. The summed E-state index contributed by atoms with van der Waals surface area (Å²) < 4.78 is 7.18. The van der Waals surface area contributed by atoms with Crippen molar-refractivity contribution in [2.45, 2.75) is 57.3 Å². The van der Waals surface area contributed by atoms with Gasteiger partial charge in [0.25, 0.3) is 0 Å². The van der Waals surface area contributed by atoms with Crippen LogP contribution in [0.5, 0.6) is 0 Å². The lowest BCUT2D eigenvalue weighted by molar-refractivity contribution is 0.209. The Balaban J connectivity index is 1.89. The van der Waals surface area contributed by atoms with Crippen molar-refractivity contribution in [3.63, 3.8) is 0 Å². The number of hydrogen-bond acceptors (Lipinski definition) is 3. The zero-order valence-electron chi connectivity index (χ0n) is 11.4. The third kappa shape index (κ3) is 2.32. The van der Waals surface area contributed by atoms with Crippen molar-refractivity contribution in [3.8, 4) is 0 Å². The van der Waals surface area contributed by atoms with E-state index in [9.17, 15) is 4.79 Å². The van der Waals surface area contributed by atoms with E-state index < -0.39 is 6.09 Å². The number of amides is 1. The molecule has 2 fully saturated rings. The summed E-state index contributed by atoms with van der Waals surface area (Å²) in [5.74, 6) is 0.929. The first-order chi connectivity index (χ1) is 8.84. The first kappa shape index (κ1) is 12.5. The molecule has 1 aliphatic carbocycles. The number of nitrogens with zero attached hydrogens (tertiary/aromatic N) is 2. The van der Waals surface area contributed by atoms with Gasteiger partial charge in [0, 0.05) is 12.0 Å². The normalized spacial score (nSPS) is 29.1. The molecule has 1 saturated heterocycles. The zero-order chi connectivity index (χ0) is 13.8. The average molecular weight is 265 g/mol. The van der Waals surface area contributed by atoms with Crippen LogP contribution in [0.25, 0.3) is 0 Å². The second kappa shape index (κ2) is 3.96. The van der Waals surface area contributed by atoms with Gasteiger partial charge in [-0.15, -0.1) is 0 Å². The van der Waals surface area contributed by atoms with Gasteiger partial charge in [-0.05, 0) is 33.6 Å². The van der Waals surface area contributed by atoms with E-state index in [2.05, 4.69) is 10.4 Å². The van der Waals surface area contributed by atoms with E-state index >= 15 is 0 Å². The highest BCUT2D eigenvalue weighted by Crippen LogP contribution is 2.47. The standard InChI is InChI=1S/C13H19N3O3/c1-13(2,3)16-11(14-12(17)18)6-8(15-16)7-4-9-10(5-7)19-9/h6-7,9-10,14H,4-5H2,1-3H3,(H,17,18)/t7?,9-,10+. The van der Waals surface area contributed by atoms with Crippen molar-refractivity contribution < 1.29 is 14.6 Å². The molecule has 3 atom stereocenters. The van der Waals surface area contributed by atoms with E-state index in [1.54, 1.807) is 4.68 Å². The number of aromatic nitrogens is 2. The molecule has 6 nitrogen and oxygen atoms in total. The van der Waals surface area contributed by atoms with Crippen LogP contribution in [0.3, 0.4) is 0 Å². The molecular formula is C13H19N3O3. The average Bonchev–Trinajstić information content (AvgIpc) is 2.74. The lowest BCUT2D eigenvalue weighted by atomic mass is 10.0. The van der Waals surface area contributed by atoms with Gasteiger partial charge in [-0.1, -0.05) is 0 Å². The first-order valence-corrected chi connectivity index (χ1v) is 6.60. The summed E-state index contributed by atoms with van der Waals surface area (Å²) in [5, 5.41) is 15.9. The van der Waals surface area contributed by atoms with Crippen LogP contribution in [0.2, 0.25) is 0 Å². The summed E-state index contributed by atoms with van der Waals surface area (Å²) in [5.41, 5.74) is 0.711. The molecule has 0 bridgehead atoms. The lowest BCUT2D eigenvalue weighted by Gasteiger charge is -2.22. The largest absolute Gasteiger partial charge is 0.465 e. The predicted octanol–water partition coefficient (Wildman–Crippen LogP) is 2.37. The van der Waals surface area contributed by atoms with E-state index in [0.717, 1.165) is 18.5 Å². The lowest BCUT2D eigenvalue weighted by Crippen LogP contribution is -2.26. The van der Waals surface area contributed by atoms with Crippen molar-refractivity contribution in [2.75, 3.05) is 5.32 Å². The number of anilines is 1. The van der Waals surface area contributed by atoms with Gasteiger partial charge in [0.15, 0.2) is 0 Å². The zero-order valence-corrected chi connectivity index (χ0v) is 11.4. The van der Waals surface area contributed by atoms with Crippen molar-refractivity contribution in [1.29, 1.82) is 0 Å². The Bertz CT molecular complexity index is 508. The second-order valence-electron chi connectivity index (χ2n) is 6.35. The van der Waals surface area contributed by atoms with Crippen molar-refractivity contribution in [1.82, 2.24) is 9.78 Å². The third-order valence-corrected chi connectivity index (χ3v) is 3.74.